The number of carboxylic acids is 9. The molecule has 0 aliphatic rings. The van der Waals surface area contributed by atoms with E-state index in [1.807, 2.05) is 0 Å². The molecule has 32 heteroatoms. The zero-order chi connectivity index (χ0) is 46.8. The van der Waals surface area contributed by atoms with Gasteiger partial charge in [-0.2, -0.15) is 0 Å². The number of hydrogen-bond acceptors (Lipinski definition) is 24. The predicted molar refractivity (Wildman–Crippen MR) is 187 cm³/mol. The number of carbonyl (C=O) groups excluding carboxylic acids is 3. The molecular weight excluding hydrogens is 866 g/mol. The van der Waals surface area contributed by atoms with E-state index >= 15 is 0 Å². The Kier molecular flexibility index (Phi) is 53.5. The Morgan fingerprint density at radius 2 is 0.576 bits per heavy atom. The Hall–Kier alpha value is -4.08. The quantitative estimate of drug-likeness (QED) is 0.0289. The second kappa shape index (κ2) is 43.5. The van der Waals surface area contributed by atoms with Crippen molar-refractivity contribution < 1.29 is 107 Å². The minimum atomic E-state index is -1.45. The first-order chi connectivity index (χ1) is 25.7. The van der Waals surface area contributed by atoms with Gasteiger partial charge < -0.3 is 126 Å². The second-order valence-electron chi connectivity index (χ2n) is 10.3. The van der Waals surface area contributed by atoms with Crippen LogP contribution in [0.5, 0.6) is 0 Å². The molecular formula is C27H47Ca2N9O21. The van der Waals surface area contributed by atoms with Crippen molar-refractivity contribution in [1.29, 1.82) is 16.2 Å². The summed E-state index contributed by atoms with van der Waals surface area (Å²) in [5, 5.41) is 127. The van der Waals surface area contributed by atoms with E-state index in [1.165, 1.54) is 0 Å². The van der Waals surface area contributed by atoms with Crippen molar-refractivity contribution in [2.75, 3.05) is 0 Å². The zero-order valence-electron chi connectivity index (χ0n) is 33.0. The van der Waals surface area contributed by atoms with Crippen LogP contribution in [-0.2, 0) is 43.2 Å². The predicted octanol–water partition coefficient (Wildman–Crippen LogP) is -12.4. The van der Waals surface area contributed by atoms with Gasteiger partial charge in [0.05, 0.1) is 0 Å². The van der Waals surface area contributed by atoms with Gasteiger partial charge in [0.25, 0.3) is 0 Å². The van der Waals surface area contributed by atoms with Crippen molar-refractivity contribution in [3.05, 3.63) is 0 Å². The molecule has 59 heavy (non-hydrogen) atoms. The van der Waals surface area contributed by atoms with Crippen LogP contribution >= 0.6 is 0 Å². The number of hydrogen-bond donors (Lipinski definition) is 15. The minimum absolute atomic E-state index is 0. The molecule has 21 N–H and O–H groups in total. The third-order valence-corrected chi connectivity index (χ3v) is 5.11. The third kappa shape index (κ3) is 66.0. The van der Waals surface area contributed by atoms with Crippen molar-refractivity contribution in [2.24, 2.45) is 34.4 Å². The smallest absolute Gasteiger partial charge is 0.862 e. The number of carboxylic acid groups (broad SMARTS) is 9. The fourth-order valence-electron chi connectivity index (χ4n) is 2.04. The molecule has 0 aromatic carbocycles. The summed E-state index contributed by atoms with van der Waals surface area (Å²) in [6.07, 6.45) is -2.21. The van der Waals surface area contributed by atoms with Crippen LogP contribution in [0.3, 0.4) is 0 Å². The summed E-state index contributed by atoms with van der Waals surface area (Å²) in [4.78, 5) is 88.6. The Morgan fingerprint density at radius 1 is 0.373 bits per heavy atom. The average Bonchev–Trinajstić information content (AvgIpc) is 3.05. The normalized spacial score (nSPS) is 12.1. The molecule has 0 bridgehead atoms. The van der Waals surface area contributed by atoms with Gasteiger partial charge in [0, 0.05) is 37.2 Å². The van der Waals surface area contributed by atoms with Crippen LogP contribution in [0.2, 0.25) is 0 Å². The minimum Gasteiger partial charge on any atom is -0.862 e. The van der Waals surface area contributed by atoms with Gasteiger partial charge in [-0.15, -0.1) is 0 Å². The van der Waals surface area contributed by atoms with E-state index in [9.17, 15) is 73.8 Å². The number of nitrogens with two attached hydrogens (primary N) is 6. The average molecular weight is 914 g/mol. The van der Waals surface area contributed by atoms with Crippen LogP contribution in [0.4, 0.5) is 0 Å². The number of rotatable bonds is 21. The maximum atomic E-state index is 10.0. The van der Waals surface area contributed by atoms with Crippen LogP contribution in [-0.4, -0.2) is 214 Å². The molecule has 6 atom stereocenters. The fourth-order valence-corrected chi connectivity index (χ4v) is 2.04. The Bertz CT molecular complexity index is 1220. The van der Waals surface area contributed by atoms with Gasteiger partial charge in [-0.3, -0.25) is 28.8 Å². The van der Waals surface area contributed by atoms with E-state index in [0.29, 0.717) is 0 Å². The van der Waals surface area contributed by atoms with E-state index in [1.54, 1.807) is 0 Å². The van der Waals surface area contributed by atoms with Gasteiger partial charge in [-0.25, -0.2) is 0 Å². The first-order valence-electron chi connectivity index (χ1n) is 15.0. The Morgan fingerprint density at radius 3 is 0.695 bits per heavy atom. The van der Waals surface area contributed by atoms with E-state index < -0.39 is 127 Å². The largest absolute Gasteiger partial charge is 2.00 e. The summed E-state index contributed by atoms with van der Waals surface area (Å²) >= 11 is 0. The maximum Gasteiger partial charge on any atom is 2.00 e. The van der Waals surface area contributed by atoms with Crippen LogP contribution in [0.25, 0.3) is 0 Å². The SMILES string of the molecule is N=C([O-])CC[C@H](N)C(=O)O.N=C([O-])CC[C@H](N)C(=O)O.N=C([O-])C[C@H](N)C(=O)O.N[C@@H](CC(=O)[O-])C(=O)O.N[C@@H](CC(=O)[O-])C(=O)O.N[C@@H](CCC(=O)[O-])C(=O)O.[Ca+2].[Ca+2].[H+].[H+]. The van der Waals surface area contributed by atoms with E-state index in [2.05, 4.69) is 0 Å². The summed E-state index contributed by atoms with van der Waals surface area (Å²) in [5.74, 6) is -14.1. The molecule has 0 aromatic heterocycles. The summed E-state index contributed by atoms with van der Waals surface area (Å²) in [6, 6.07) is -7.07. The Balaban J connectivity index is -0.0000000632. The second-order valence-corrected chi connectivity index (χ2v) is 10.3. The molecule has 330 valence electrons. The van der Waals surface area contributed by atoms with E-state index in [-0.39, 0.29) is 117 Å². The molecule has 0 aliphatic heterocycles. The van der Waals surface area contributed by atoms with Gasteiger partial charge in [0.2, 0.25) is 0 Å². The van der Waals surface area contributed by atoms with Gasteiger partial charge in [0.1, 0.15) is 36.3 Å². The number of aliphatic carboxylic acids is 9. The zero-order valence-corrected chi connectivity index (χ0v) is 35.4. The van der Waals surface area contributed by atoms with E-state index in [0.717, 1.165) is 0 Å². The van der Waals surface area contributed by atoms with Crippen LogP contribution < -0.4 is 65.0 Å². The first kappa shape index (κ1) is 72.5. The maximum absolute atomic E-state index is 10.0. The van der Waals surface area contributed by atoms with Gasteiger partial charge in [0.15, 0.2) is 0 Å². The molecule has 0 saturated heterocycles. The standard InChI is InChI=1S/2C5H10N2O3.C5H9NO4.C4H8N2O3.2C4H7NO4.2Ca/c3*6-3(5(9)10)1-2-4(7)8;3*5-2(4(8)9)1-3(6)7;;/h2*3H,1-2,6H2,(H2,7,8)(H,9,10);3H,1-2,6H2,(H,7,8)(H,9,10);2H,1,5H2,(H2,6,7)(H,8,9);2*2H,1,5H2,(H,6,7)(H,8,9);;/q;;;;;;2*+2/p-4/t3*3-;3*2-;;/m000000../s1. The monoisotopic (exact) mass is 913 g/mol. The summed E-state index contributed by atoms with van der Waals surface area (Å²) in [6.45, 7) is 0. The van der Waals surface area contributed by atoms with E-state index in [4.69, 9.17) is 81.3 Å². The summed E-state index contributed by atoms with van der Waals surface area (Å²) < 4.78 is 0. The molecule has 0 heterocycles. The van der Waals surface area contributed by atoms with Crippen molar-refractivity contribution in [1.82, 2.24) is 0 Å². The molecule has 0 aliphatic carbocycles. The molecule has 0 fully saturated rings. The summed E-state index contributed by atoms with van der Waals surface area (Å²) in [5.41, 5.74) is 29.5. The fraction of sp³-hybridized carbons (Fsp3) is 0.556. The Labute approximate surface area is 396 Å². The first-order valence-corrected chi connectivity index (χ1v) is 15.0. The van der Waals surface area contributed by atoms with Gasteiger partial charge in [-0.1, -0.05) is 0 Å². The van der Waals surface area contributed by atoms with Gasteiger partial charge >= 0.3 is 114 Å². The number of carbonyl (C=O) groups is 9. The molecule has 0 unspecified atom stereocenters. The van der Waals surface area contributed by atoms with Crippen LogP contribution in [0.1, 0.15) is 60.6 Å². The molecule has 0 spiro atoms. The topological polar surface area (TPSA) is 641 Å². The molecule has 0 saturated carbocycles. The number of nitrogens with one attached hydrogen (secondary N) is 3. The molecule has 30 nitrogen and oxygen atoms in total. The molecule has 0 radical (unpaired) electrons. The van der Waals surface area contributed by atoms with Gasteiger partial charge in [-0.05, 0) is 56.2 Å². The van der Waals surface area contributed by atoms with Crippen LogP contribution in [0, 0.1) is 16.2 Å². The molecule has 0 aromatic rings. The molecule has 0 rings (SSSR count). The van der Waals surface area contributed by atoms with Crippen LogP contribution in [0.15, 0.2) is 0 Å². The van der Waals surface area contributed by atoms with Crippen molar-refractivity contribution >= 4 is 147 Å². The third-order valence-electron chi connectivity index (χ3n) is 5.11. The van der Waals surface area contributed by atoms with Crippen molar-refractivity contribution in [3.8, 4) is 0 Å². The van der Waals surface area contributed by atoms with Crippen molar-refractivity contribution in [2.45, 2.75) is 94.0 Å². The molecule has 0 amide bonds. The van der Waals surface area contributed by atoms with Crippen molar-refractivity contribution in [3.63, 3.8) is 0 Å². The summed E-state index contributed by atoms with van der Waals surface area (Å²) in [7, 11) is 0.